The normalized spacial score (nSPS) is 14.2. The number of ether oxygens (including phenoxy) is 1. The van der Waals surface area contributed by atoms with E-state index in [-0.39, 0.29) is 17.2 Å². The number of carbonyl (C=O) groups excluding carboxylic acids is 1. The Kier molecular flexibility index (Phi) is 7.00. The van der Waals surface area contributed by atoms with Gasteiger partial charge >= 0.3 is 0 Å². The lowest BCUT2D eigenvalue weighted by Crippen LogP contribution is -2.19. The van der Waals surface area contributed by atoms with Gasteiger partial charge in [0.2, 0.25) is 0 Å². The number of aryl methyl sites for hydroxylation is 1. The standard InChI is InChI=1S/C26H29N3O3/c1-2-21-9-6-10-23(28-21)20-15-24(26(31)27-16-20)29-25(30)19-11-13-22(14-12-19)32-17-18-7-4-3-5-8-18/h6,9-16,18H,2-5,7-8,17H2,1H3,(H,27,31)(H,29,30). The van der Waals surface area contributed by atoms with Crippen molar-refractivity contribution in [3.05, 3.63) is 76.3 Å². The summed E-state index contributed by atoms with van der Waals surface area (Å²) in [5, 5.41) is 2.72. The van der Waals surface area contributed by atoms with E-state index in [1.54, 1.807) is 36.5 Å². The second-order valence-electron chi connectivity index (χ2n) is 8.29. The van der Waals surface area contributed by atoms with Crippen LogP contribution in [0.15, 0.2) is 59.5 Å². The predicted molar refractivity (Wildman–Crippen MR) is 126 cm³/mol. The van der Waals surface area contributed by atoms with Gasteiger partial charge < -0.3 is 15.0 Å². The third-order valence-electron chi connectivity index (χ3n) is 5.94. The van der Waals surface area contributed by atoms with Crippen LogP contribution in [-0.2, 0) is 6.42 Å². The number of nitrogens with one attached hydrogen (secondary N) is 2. The van der Waals surface area contributed by atoms with Gasteiger partial charge in [-0.2, -0.15) is 0 Å². The zero-order valence-electron chi connectivity index (χ0n) is 18.4. The molecule has 0 saturated heterocycles. The van der Waals surface area contributed by atoms with Crippen LogP contribution >= 0.6 is 0 Å². The van der Waals surface area contributed by atoms with Crippen molar-refractivity contribution in [2.24, 2.45) is 5.92 Å². The monoisotopic (exact) mass is 431 g/mol. The molecule has 0 unspecified atom stereocenters. The summed E-state index contributed by atoms with van der Waals surface area (Å²) in [6, 6.07) is 14.5. The van der Waals surface area contributed by atoms with Crippen LogP contribution in [0.25, 0.3) is 11.3 Å². The molecule has 3 aromatic rings. The summed E-state index contributed by atoms with van der Waals surface area (Å²) in [5.74, 6) is 1.04. The summed E-state index contributed by atoms with van der Waals surface area (Å²) in [5.41, 5.74) is 2.74. The lowest BCUT2D eigenvalue weighted by molar-refractivity contribution is 0.102. The van der Waals surface area contributed by atoms with Crippen LogP contribution in [-0.4, -0.2) is 22.5 Å². The first-order valence-corrected chi connectivity index (χ1v) is 11.4. The van der Waals surface area contributed by atoms with Gasteiger partial charge in [0.05, 0.1) is 12.3 Å². The number of hydrogen-bond donors (Lipinski definition) is 2. The second-order valence-corrected chi connectivity index (χ2v) is 8.29. The number of anilines is 1. The van der Waals surface area contributed by atoms with Gasteiger partial charge in [0.1, 0.15) is 11.4 Å². The first-order valence-electron chi connectivity index (χ1n) is 11.4. The molecule has 32 heavy (non-hydrogen) atoms. The summed E-state index contributed by atoms with van der Waals surface area (Å²) < 4.78 is 5.91. The van der Waals surface area contributed by atoms with E-state index in [1.807, 2.05) is 25.1 Å². The Balaban J connectivity index is 1.42. The largest absolute Gasteiger partial charge is 0.493 e. The molecular weight excluding hydrogens is 402 g/mol. The molecule has 2 heterocycles. The first-order chi connectivity index (χ1) is 15.6. The fourth-order valence-electron chi connectivity index (χ4n) is 4.03. The smallest absolute Gasteiger partial charge is 0.271 e. The highest BCUT2D eigenvalue weighted by atomic mass is 16.5. The van der Waals surface area contributed by atoms with Gasteiger partial charge in [0, 0.05) is 23.0 Å². The molecule has 1 aliphatic rings. The third kappa shape index (κ3) is 5.44. The Morgan fingerprint density at radius 2 is 1.91 bits per heavy atom. The number of aromatic amines is 1. The van der Waals surface area contributed by atoms with E-state index in [2.05, 4.69) is 15.3 Å². The maximum absolute atomic E-state index is 12.7. The Hall–Kier alpha value is -3.41. The Morgan fingerprint density at radius 3 is 2.66 bits per heavy atom. The van der Waals surface area contributed by atoms with Crippen LogP contribution in [0.3, 0.4) is 0 Å². The van der Waals surface area contributed by atoms with Crippen molar-refractivity contribution in [3.8, 4) is 17.0 Å². The zero-order chi connectivity index (χ0) is 22.3. The molecule has 0 atom stereocenters. The zero-order valence-corrected chi connectivity index (χ0v) is 18.4. The van der Waals surface area contributed by atoms with Gasteiger partial charge in [-0.25, -0.2) is 0 Å². The molecule has 1 aromatic carbocycles. The van der Waals surface area contributed by atoms with Gasteiger partial charge in [0.25, 0.3) is 11.5 Å². The van der Waals surface area contributed by atoms with Crippen molar-refractivity contribution in [3.63, 3.8) is 0 Å². The van der Waals surface area contributed by atoms with Gasteiger partial charge in [0.15, 0.2) is 0 Å². The molecule has 6 heteroatoms. The molecule has 2 aromatic heterocycles. The fraction of sp³-hybridized carbons (Fsp3) is 0.346. The summed E-state index contributed by atoms with van der Waals surface area (Å²) in [4.78, 5) is 32.3. The van der Waals surface area contributed by atoms with E-state index in [0.717, 1.165) is 35.7 Å². The van der Waals surface area contributed by atoms with Crippen LogP contribution in [0.2, 0.25) is 0 Å². The van der Waals surface area contributed by atoms with Crippen LogP contribution < -0.4 is 15.6 Å². The third-order valence-corrected chi connectivity index (χ3v) is 5.94. The molecule has 0 spiro atoms. The molecule has 1 saturated carbocycles. The molecule has 1 aliphatic carbocycles. The van der Waals surface area contributed by atoms with E-state index in [4.69, 9.17) is 4.74 Å². The minimum absolute atomic E-state index is 0.189. The van der Waals surface area contributed by atoms with Crippen LogP contribution in [0, 0.1) is 5.92 Å². The van der Waals surface area contributed by atoms with Gasteiger partial charge in [-0.1, -0.05) is 32.3 Å². The molecule has 0 bridgehead atoms. The highest BCUT2D eigenvalue weighted by Gasteiger charge is 2.15. The minimum Gasteiger partial charge on any atom is -0.493 e. The maximum Gasteiger partial charge on any atom is 0.271 e. The highest BCUT2D eigenvalue weighted by Crippen LogP contribution is 2.25. The van der Waals surface area contributed by atoms with Crippen LogP contribution in [0.1, 0.15) is 55.1 Å². The fourth-order valence-corrected chi connectivity index (χ4v) is 4.03. The molecule has 0 radical (unpaired) electrons. The average Bonchev–Trinajstić information content (AvgIpc) is 2.85. The first kappa shape index (κ1) is 21.8. The highest BCUT2D eigenvalue weighted by molar-refractivity contribution is 6.04. The average molecular weight is 432 g/mol. The molecular formula is C26H29N3O3. The Bertz CT molecular complexity index is 1120. The quantitative estimate of drug-likeness (QED) is 0.538. The number of rotatable bonds is 7. The van der Waals surface area contributed by atoms with Crippen molar-refractivity contribution >= 4 is 11.6 Å². The molecule has 6 nitrogen and oxygen atoms in total. The number of nitrogens with zero attached hydrogens (tertiary/aromatic N) is 1. The maximum atomic E-state index is 12.7. The molecule has 4 rings (SSSR count). The summed E-state index contributed by atoms with van der Waals surface area (Å²) in [6.07, 6.45) is 8.78. The lowest BCUT2D eigenvalue weighted by Gasteiger charge is -2.21. The van der Waals surface area contributed by atoms with E-state index in [0.29, 0.717) is 11.5 Å². The number of amides is 1. The van der Waals surface area contributed by atoms with Crippen molar-refractivity contribution < 1.29 is 9.53 Å². The Morgan fingerprint density at radius 1 is 1.12 bits per heavy atom. The number of hydrogen-bond acceptors (Lipinski definition) is 4. The van der Waals surface area contributed by atoms with Crippen LogP contribution in [0.4, 0.5) is 5.69 Å². The van der Waals surface area contributed by atoms with E-state index < -0.39 is 0 Å². The number of aromatic nitrogens is 2. The minimum atomic E-state index is -0.360. The Labute approximate surface area is 188 Å². The van der Waals surface area contributed by atoms with Gasteiger partial charge in [-0.3, -0.25) is 14.6 Å². The van der Waals surface area contributed by atoms with Crippen molar-refractivity contribution in [1.29, 1.82) is 0 Å². The van der Waals surface area contributed by atoms with E-state index >= 15 is 0 Å². The van der Waals surface area contributed by atoms with Crippen molar-refractivity contribution in [1.82, 2.24) is 9.97 Å². The number of pyridine rings is 2. The summed E-state index contributed by atoms with van der Waals surface area (Å²) in [7, 11) is 0. The van der Waals surface area contributed by atoms with Gasteiger partial charge in [-0.15, -0.1) is 0 Å². The number of carbonyl (C=O) groups is 1. The summed E-state index contributed by atoms with van der Waals surface area (Å²) >= 11 is 0. The molecule has 1 amide bonds. The lowest BCUT2D eigenvalue weighted by atomic mass is 9.90. The van der Waals surface area contributed by atoms with Gasteiger partial charge in [-0.05, 0) is 67.6 Å². The number of benzene rings is 1. The van der Waals surface area contributed by atoms with Crippen LogP contribution in [0.5, 0.6) is 5.75 Å². The van der Waals surface area contributed by atoms with E-state index in [9.17, 15) is 9.59 Å². The number of H-pyrrole nitrogens is 1. The molecule has 0 aliphatic heterocycles. The second kappa shape index (κ2) is 10.3. The van der Waals surface area contributed by atoms with E-state index in [1.165, 1.54) is 32.1 Å². The topological polar surface area (TPSA) is 84.1 Å². The van der Waals surface area contributed by atoms with Crippen molar-refractivity contribution in [2.45, 2.75) is 45.4 Å². The van der Waals surface area contributed by atoms with Crippen molar-refractivity contribution in [2.75, 3.05) is 11.9 Å². The molecule has 1 fully saturated rings. The predicted octanol–water partition coefficient (Wildman–Crippen LogP) is 5.21. The SMILES string of the molecule is CCc1cccc(-c2c[nH]c(=O)c(NC(=O)c3ccc(OCC4CCCCC4)cc3)c2)n1. The molecule has 2 N–H and O–H groups in total. The molecule has 166 valence electrons. The summed E-state index contributed by atoms with van der Waals surface area (Å²) in [6.45, 7) is 2.76.